The lowest BCUT2D eigenvalue weighted by Crippen LogP contribution is -2.44. The Labute approximate surface area is 210 Å². The first-order chi connectivity index (χ1) is 16.9. The van der Waals surface area contributed by atoms with Gasteiger partial charge in [0, 0.05) is 18.2 Å². The topological polar surface area (TPSA) is 93.1 Å². The predicted octanol–water partition coefficient (Wildman–Crippen LogP) is 4.23. The summed E-state index contributed by atoms with van der Waals surface area (Å²) in [6.45, 7) is 7.65. The van der Waals surface area contributed by atoms with Crippen molar-refractivity contribution in [3.63, 3.8) is 0 Å². The van der Waals surface area contributed by atoms with Gasteiger partial charge in [-0.2, -0.15) is 0 Å². The molecule has 0 aromatic heterocycles. The normalized spacial score (nSPS) is 15.3. The van der Waals surface area contributed by atoms with E-state index in [0.29, 0.717) is 24.3 Å². The summed E-state index contributed by atoms with van der Waals surface area (Å²) in [6, 6.07) is 6.54. The van der Waals surface area contributed by atoms with Crippen LogP contribution in [0.25, 0.3) is 0 Å². The molecule has 36 heavy (non-hydrogen) atoms. The molecule has 0 fully saturated rings. The van der Waals surface area contributed by atoms with Crippen LogP contribution >= 0.6 is 0 Å². The third kappa shape index (κ3) is 6.29. The van der Waals surface area contributed by atoms with E-state index in [2.05, 4.69) is 0 Å². The minimum atomic E-state index is -2.28. The molecule has 1 aliphatic heterocycles. The van der Waals surface area contributed by atoms with Crippen LogP contribution in [-0.4, -0.2) is 55.7 Å². The molecule has 0 bridgehead atoms. The molecule has 2 aromatic rings. The first-order valence-electron chi connectivity index (χ1n) is 11.8. The second-order valence-electron chi connectivity index (χ2n) is 9.73. The molecule has 2 aromatic carbocycles. The number of rotatable bonds is 9. The summed E-state index contributed by atoms with van der Waals surface area (Å²) in [6.07, 6.45) is -1.05. The first kappa shape index (κ1) is 27.3. The number of carbonyl (C=O) groups is 3. The molecule has 0 spiro atoms. The molecule has 1 heterocycles. The first-order valence-corrected chi connectivity index (χ1v) is 15.3. The summed E-state index contributed by atoms with van der Waals surface area (Å²) in [5.74, 6) is -2.27. The summed E-state index contributed by atoms with van der Waals surface area (Å²) in [5, 5.41) is 8.90. The average Bonchev–Trinajstić information content (AvgIpc) is 2.76. The molecule has 0 radical (unpaired) electrons. The predicted molar refractivity (Wildman–Crippen MR) is 132 cm³/mol. The van der Waals surface area contributed by atoms with Gasteiger partial charge in [-0.05, 0) is 54.3 Å². The van der Waals surface area contributed by atoms with Gasteiger partial charge in [-0.1, -0.05) is 25.7 Å². The Hall–Kier alpha value is -3.27. The number of carbonyl (C=O) groups excluding carboxylic acids is 2. The van der Waals surface area contributed by atoms with Crippen LogP contribution in [0, 0.1) is 11.6 Å². The quantitative estimate of drug-likeness (QED) is 0.499. The number of ether oxygens (including phenoxy) is 2. The van der Waals surface area contributed by atoms with Crippen molar-refractivity contribution < 1.29 is 37.7 Å². The molecule has 3 rings (SSSR count). The van der Waals surface area contributed by atoms with E-state index in [0.717, 1.165) is 5.56 Å². The van der Waals surface area contributed by atoms with Crippen LogP contribution in [-0.2, 0) is 27.2 Å². The maximum atomic E-state index is 14.8. The highest BCUT2D eigenvalue weighted by Gasteiger charge is 2.37. The molecule has 10 heteroatoms. The molecule has 7 nitrogen and oxygen atoms in total. The number of fused-ring (bicyclic) bond motifs is 1. The Kier molecular flexibility index (Phi) is 8.49. The van der Waals surface area contributed by atoms with Crippen LogP contribution in [0.2, 0.25) is 19.6 Å². The number of aliphatic carboxylic acids is 1. The number of benzene rings is 2. The van der Waals surface area contributed by atoms with Gasteiger partial charge in [0.2, 0.25) is 0 Å². The summed E-state index contributed by atoms with van der Waals surface area (Å²) in [7, 11) is -2.28. The molecule has 1 amide bonds. The zero-order valence-electron chi connectivity index (χ0n) is 20.9. The van der Waals surface area contributed by atoms with Crippen molar-refractivity contribution in [3.05, 3.63) is 58.7 Å². The van der Waals surface area contributed by atoms with Crippen molar-refractivity contribution in [3.8, 4) is 5.75 Å². The van der Waals surface area contributed by atoms with E-state index < -0.39 is 43.6 Å². The lowest BCUT2D eigenvalue weighted by molar-refractivity contribution is -0.138. The fourth-order valence-corrected chi connectivity index (χ4v) is 6.03. The Morgan fingerprint density at radius 3 is 2.36 bits per heavy atom. The molecule has 1 aliphatic rings. The van der Waals surface area contributed by atoms with Crippen molar-refractivity contribution in [1.82, 2.24) is 4.90 Å². The van der Waals surface area contributed by atoms with Gasteiger partial charge in [0.15, 0.2) is 5.78 Å². The third-order valence-electron chi connectivity index (χ3n) is 5.96. The van der Waals surface area contributed by atoms with Gasteiger partial charge in [-0.3, -0.25) is 14.5 Å². The summed E-state index contributed by atoms with van der Waals surface area (Å²) in [4.78, 5) is 38.4. The molecule has 1 N–H and O–H groups in total. The smallest absolute Gasteiger partial charge is 0.410 e. The van der Waals surface area contributed by atoms with Gasteiger partial charge in [0.1, 0.15) is 30.0 Å². The molecular formula is C26H31F2NO6Si. The Morgan fingerprint density at radius 2 is 1.78 bits per heavy atom. The summed E-state index contributed by atoms with van der Waals surface area (Å²) in [5.41, 5.74) is 1.57. The van der Waals surface area contributed by atoms with Crippen LogP contribution in [0.1, 0.15) is 36.1 Å². The summed E-state index contributed by atoms with van der Waals surface area (Å²) >= 11 is 0. The number of carboxylic acid groups (broad SMARTS) is 1. The minimum Gasteiger partial charge on any atom is -0.494 e. The zero-order valence-corrected chi connectivity index (χ0v) is 21.9. The Bertz CT molecular complexity index is 1140. The van der Waals surface area contributed by atoms with Gasteiger partial charge in [0.05, 0.1) is 21.1 Å². The molecule has 1 atom stereocenters. The van der Waals surface area contributed by atoms with E-state index >= 15 is 0 Å². The van der Waals surface area contributed by atoms with E-state index in [-0.39, 0.29) is 36.7 Å². The highest BCUT2D eigenvalue weighted by atomic mass is 28.3. The number of halogens is 2. The van der Waals surface area contributed by atoms with E-state index in [1.165, 1.54) is 17.0 Å². The standard InChI is InChI=1S/C26H31F2NO6Si/c1-5-34-18-6-7-19-17(15-18)8-10-29(26(33)35-11-9-23(31)32)24(19)22(30)14-16-12-20(27)25(21(28)13-16)36(2,3)4/h6-7,12-13,15,24H,5,8-11,14H2,1-4H3,(H,31,32)/t24-/m1/s1. The molecular weight excluding hydrogens is 488 g/mol. The highest BCUT2D eigenvalue weighted by Crippen LogP contribution is 2.34. The lowest BCUT2D eigenvalue weighted by atomic mass is 9.88. The zero-order chi connectivity index (χ0) is 26.6. The van der Waals surface area contributed by atoms with Gasteiger partial charge < -0.3 is 14.6 Å². The van der Waals surface area contributed by atoms with Gasteiger partial charge in [-0.15, -0.1) is 0 Å². The van der Waals surface area contributed by atoms with E-state index in [1.54, 1.807) is 12.1 Å². The fourth-order valence-electron chi connectivity index (χ4n) is 4.45. The van der Waals surface area contributed by atoms with Crippen molar-refractivity contribution in [1.29, 1.82) is 0 Å². The number of ketones is 1. The minimum absolute atomic E-state index is 0.0776. The molecule has 0 saturated carbocycles. The van der Waals surface area contributed by atoms with Gasteiger partial charge in [0.25, 0.3) is 0 Å². The monoisotopic (exact) mass is 519 g/mol. The number of carboxylic acids is 1. The van der Waals surface area contributed by atoms with E-state index in [4.69, 9.17) is 14.6 Å². The number of hydrogen-bond acceptors (Lipinski definition) is 5. The van der Waals surface area contributed by atoms with Crippen LogP contribution in [0.4, 0.5) is 13.6 Å². The molecule has 0 unspecified atom stereocenters. The van der Waals surface area contributed by atoms with Crippen molar-refractivity contribution in [2.24, 2.45) is 0 Å². The van der Waals surface area contributed by atoms with Crippen LogP contribution < -0.4 is 9.92 Å². The van der Waals surface area contributed by atoms with Crippen molar-refractivity contribution in [2.45, 2.75) is 51.9 Å². The largest absolute Gasteiger partial charge is 0.494 e. The maximum Gasteiger partial charge on any atom is 0.410 e. The summed E-state index contributed by atoms with van der Waals surface area (Å²) < 4.78 is 40.3. The van der Waals surface area contributed by atoms with Gasteiger partial charge in [-0.25, -0.2) is 13.6 Å². The number of hydrogen-bond donors (Lipinski definition) is 1. The Morgan fingerprint density at radius 1 is 1.11 bits per heavy atom. The SMILES string of the molecule is CCOc1ccc2c(c1)CCN(C(=O)OCCC(=O)O)[C@H]2C(=O)Cc1cc(F)c([Si](C)(C)C)c(F)c1. The molecule has 194 valence electrons. The number of nitrogens with zero attached hydrogens (tertiary/aromatic N) is 1. The van der Waals surface area contributed by atoms with E-state index in [1.807, 2.05) is 32.6 Å². The van der Waals surface area contributed by atoms with Crippen molar-refractivity contribution in [2.75, 3.05) is 19.8 Å². The fraction of sp³-hybridized carbons (Fsp3) is 0.423. The van der Waals surface area contributed by atoms with Crippen molar-refractivity contribution >= 4 is 31.1 Å². The maximum absolute atomic E-state index is 14.8. The van der Waals surface area contributed by atoms with Gasteiger partial charge >= 0.3 is 12.1 Å². The van der Waals surface area contributed by atoms with Crippen LogP contribution in [0.5, 0.6) is 5.75 Å². The lowest BCUT2D eigenvalue weighted by Gasteiger charge is -2.36. The number of Topliss-reactive ketones (excluding diaryl/α,β-unsaturated/α-hetero) is 1. The molecule has 0 aliphatic carbocycles. The third-order valence-corrected chi connectivity index (χ3v) is 7.94. The van der Waals surface area contributed by atoms with Crippen LogP contribution in [0.3, 0.4) is 0 Å². The highest BCUT2D eigenvalue weighted by molar-refractivity contribution is 6.88. The Balaban J connectivity index is 1.93. The number of amides is 1. The average molecular weight is 520 g/mol. The molecule has 0 saturated heterocycles. The second kappa shape index (κ2) is 11.2. The van der Waals surface area contributed by atoms with Crippen LogP contribution in [0.15, 0.2) is 30.3 Å². The van der Waals surface area contributed by atoms with E-state index in [9.17, 15) is 23.2 Å². The second-order valence-corrected chi connectivity index (χ2v) is 14.7.